The van der Waals surface area contributed by atoms with Gasteiger partial charge >= 0.3 is 216 Å². The van der Waals surface area contributed by atoms with E-state index in [4.69, 9.17) is 6.64 Å². The molecule has 0 aliphatic carbocycles. The van der Waals surface area contributed by atoms with Crippen molar-refractivity contribution in [3.8, 4) is 11.5 Å². The Labute approximate surface area is 215 Å². The average Bonchev–Trinajstić information content (AvgIpc) is 2.80. The monoisotopic (exact) mass is 500 g/mol. The van der Waals surface area contributed by atoms with Crippen LogP contribution in [0.5, 0.6) is 11.5 Å². The Balaban J connectivity index is 1.89. The van der Waals surface area contributed by atoms with Gasteiger partial charge in [-0.05, 0) is 0 Å². The SMILES string of the molecule is Cc1cc(C)c([O][Ti]([CH2]c2ccccc2)([CH2]c2ccccc2)[O]c2c(C)cc(C)cc2C)c(C)c1. The van der Waals surface area contributed by atoms with E-state index in [2.05, 4.69) is 126 Å². The zero-order chi connectivity index (χ0) is 25.0. The minimum absolute atomic E-state index is 0.801. The summed E-state index contributed by atoms with van der Waals surface area (Å²) in [7, 11) is 0. The van der Waals surface area contributed by atoms with Crippen molar-refractivity contribution in [2.45, 2.75) is 51.0 Å². The molecule has 0 fully saturated rings. The topological polar surface area (TPSA) is 18.5 Å². The molecule has 0 spiro atoms. The summed E-state index contributed by atoms with van der Waals surface area (Å²) in [4.78, 5) is 0. The Morgan fingerprint density at radius 1 is 0.486 bits per heavy atom. The van der Waals surface area contributed by atoms with Crippen LogP contribution in [0.15, 0.2) is 84.9 Å². The second kappa shape index (κ2) is 10.9. The van der Waals surface area contributed by atoms with E-state index in [9.17, 15) is 0 Å². The standard InChI is InChI=1S/2C9H12O.2C7H7.Ti/c2*1-6-4-7(2)9(10)8(3)5-6;2*1-7-5-3-2-4-6-7;/h2*4-5,10H,1-3H3;2*2-6H,1H2;/q;;;;+2/p-2. The molecule has 35 heavy (non-hydrogen) atoms. The van der Waals surface area contributed by atoms with Crippen LogP contribution >= 0.6 is 0 Å². The Morgan fingerprint density at radius 2 is 0.800 bits per heavy atom. The summed E-state index contributed by atoms with van der Waals surface area (Å²) in [6, 6.07) is 30.2. The summed E-state index contributed by atoms with van der Waals surface area (Å²) in [5, 5.41) is 0. The molecule has 0 unspecified atom stereocenters. The number of aryl methyl sites for hydroxylation is 6. The van der Waals surface area contributed by atoms with Crippen molar-refractivity contribution in [2.75, 3.05) is 0 Å². The van der Waals surface area contributed by atoms with E-state index in [1.54, 1.807) is 0 Å². The third kappa shape index (κ3) is 6.26. The first-order chi connectivity index (χ1) is 16.7. The summed E-state index contributed by atoms with van der Waals surface area (Å²) in [5.41, 5.74) is 9.69. The van der Waals surface area contributed by atoms with Crippen molar-refractivity contribution in [3.05, 3.63) is 129 Å². The number of benzene rings is 4. The van der Waals surface area contributed by atoms with Gasteiger partial charge in [-0.2, -0.15) is 0 Å². The van der Waals surface area contributed by atoms with Gasteiger partial charge in [0, 0.05) is 0 Å². The Kier molecular flexibility index (Phi) is 7.84. The van der Waals surface area contributed by atoms with E-state index >= 15 is 0 Å². The number of rotatable bonds is 8. The Morgan fingerprint density at radius 3 is 1.11 bits per heavy atom. The number of hydrogen-bond acceptors (Lipinski definition) is 2. The predicted molar refractivity (Wildman–Crippen MR) is 143 cm³/mol. The van der Waals surface area contributed by atoms with Gasteiger partial charge in [0.1, 0.15) is 0 Å². The van der Waals surface area contributed by atoms with Crippen molar-refractivity contribution in [1.29, 1.82) is 0 Å². The first-order valence-electron chi connectivity index (χ1n) is 12.4. The summed E-state index contributed by atoms with van der Waals surface area (Å²) in [5.74, 6) is 1.95. The molecule has 0 N–H and O–H groups in total. The van der Waals surface area contributed by atoms with Crippen LogP contribution in [0.4, 0.5) is 0 Å². The third-order valence-corrected chi connectivity index (χ3v) is 11.2. The molecule has 0 aliphatic rings. The van der Waals surface area contributed by atoms with Crippen LogP contribution in [0.1, 0.15) is 44.5 Å². The second-order valence-corrected chi connectivity index (χ2v) is 14.5. The van der Waals surface area contributed by atoms with Crippen LogP contribution in [0, 0.1) is 41.5 Å². The third-order valence-electron chi connectivity index (χ3n) is 6.42. The minimum atomic E-state index is -3.61. The first-order valence-corrected chi connectivity index (χ1v) is 15.8. The fourth-order valence-electron chi connectivity index (χ4n) is 5.07. The molecular weight excluding hydrogens is 464 g/mol. The van der Waals surface area contributed by atoms with Crippen molar-refractivity contribution in [2.24, 2.45) is 0 Å². The molecule has 0 aliphatic heterocycles. The molecule has 0 heterocycles. The normalized spacial score (nSPS) is 11.4. The Bertz CT molecular complexity index is 1150. The van der Waals surface area contributed by atoms with Gasteiger partial charge in [0.25, 0.3) is 0 Å². The van der Waals surface area contributed by atoms with Gasteiger partial charge in [0.15, 0.2) is 0 Å². The van der Waals surface area contributed by atoms with Crippen molar-refractivity contribution < 1.29 is 24.0 Å². The van der Waals surface area contributed by atoms with Crippen LogP contribution in [0.3, 0.4) is 0 Å². The molecule has 0 atom stereocenters. The molecule has 180 valence electrons. The van der Waals surface area contributed by atoms with Gasteiger partial charge < -0.3 is 0 Å². The van der Waals surface area contributed by atoms with Gasteiger partial charge in [-0.15, -0.1) is 0 Å². The molecule has 0 amide bonds. The fourth-order valence-corrected chi connectivity index (χ4v) is 10.6. The molecule has 0 saturated heterocycles. The molecule has 0 bridgehead atoms. The first kappa shape index (κ1) is 25.3. The van der Waals surface area contributed by atoms with E-state index in [0.717, 1.165) is 21.0 Å². The quantitative estimate of drug-likeness (QED) is 0.226. The van der Waals surface area contributed by atoms with Crippen molar-refractivity contribution >= 4 is 0 Å². The van der Waals surface area contributed by atoms with Gasteiger partial charge in [0.2, 0.25) is 0 Å². The molecule has 0 radical (unpaired) electrons. The number of hydrogen-bond donors (Lipinski definition) is 0. The van der Waals surface area contributed by atoms with Gasteiger partial charge in [0.05, 0.1) is 0 Å². The molecule has 4 aromatic carbocycles. The molecular formula is C32H36O2Ti. The van der Waals surface area contributed by atoms with Crippen LogP contribution < -0.4 is 6.64 Å². The molecule has 2 nitrogen and oxygen atoms in total. The van der Waals surface area contributed by atoms with E-state index in [-0.39, 0.29) is 0 Å². The Hall–Kier alpha value is -2.81. The molecule has 0 aromatic heterocycles. The van der Waals surface area contributed by atoms with Crippen molar-refractivity contribution in [1.82, 2.24) is 0 Å². The zero-order valence-corrected chi connectivity index (χ0v) is 23.4. The second-order valence-electron chi connectivity index (χ2n) is 9.90. The summed E-state index contributed by atoms with van der Waals surface area (Å²) >= 11 is -3.61. The molecule has 0 saturated carbocycles. The molecule has 4 aromatic rings. The molecule has 3 heteroatoms. The van der Waals surface area contributed by atoms with E-state index in [1.165, 1.54) is 44.5 Å². The van der Waals surface area contributed by atoms with Crippen LogP contribution in [0.2, 0.25) is 0 Å². The summed E-state index contributed by atoms with van der Waals surface area (Å²) in [6.45, 7) is 12.9. The van der Waals surface area contributed by atoms with Gasteiger partial charge in [-0.3, -0.25) is 0 Å². The average molecular weight is 501 g/mol. The maximum absolute atomic E-state index is 7.24. The van der Waals surface area contributed by atoms with Crippen LogP contribution in [-0.4, -0.2) is 0 Å². The summed E-state index contributed by atoms with van der Waals surface area (Å²) in [6.07, 6.45) is 0. The van der Waals surface area contributed by atoms with E-state index < -0.39 is 17.4 Å². The fraction of sp³-hybridized carbons (Fsp3) is 0.250. The summed E-state index contributed by atoms with van der Waals surface area (Å²) < 4.78 is 16.1. The predicted octanol–water partition coefficient (Wildman–Crippen LogP) is 8.38. The van der Waals surface area contributed by atoms with Crippen LogP contribution in [-0.2, 0) is 26.8 Å². The van der Waals surface area contributed by atoms with E-state index in [1.807, 2.05) is 0 Å². The van der Waals surface area contributed by atoms with Gasteiger partial charge in [-0.25, -0.2) is 0 Å². The zero-order valence-electron chi connectivity index (χ0n) is 21.8. The van der Waals surface area contributed by atoms with Crippen LogP contribution in [0.25, 0.3) is 0 Å². The van der Waals surface area contributed by atoms with E-state index in [0.29, 0.717) is 0 Å². The maximum atomic E-state index is 7.24. The molecule has 4 rings (SSSR count). The van der Waals surface area contributed by atoms with Gasteiger partial charge in [-0.1, -0.05) is 0 Å². The van der Waals surface area contributed by atoms with Crippen molar-refractivity contribution in [3.63, 3.8) is 0 Å².